The number of aromatic nitrogens is 2. The van der Waals surface area contributed by atoms with E-state index in [1.165, 1.54) is 6.20 Å². The Morgan fingerprint density at radius 2 is 2.09 bits per heavy atom. The molecule has 0 aliphatic carbocycles. The van der Waals surface area contributed by atoms with Gasteiger partial charge < -0.3 is 10.2 Å². The van der Waals surface area contributed by atoms with Crippen molar-refractivity contribution in [3.8, 4) is 0 Å². The molecule has 6 heteroatoms. The molecule has 1 aromatic carbocycles. The van der Waals surface area contributed by atoms with Gasteiger partial charge in [-0.15, -0.1) is 0 Å². The first-order valence-electron chi connectivity index (χ1n) is 7.57. The van der Waals surface area contributed by atoms with Gasteiger partial charge in [-0.3, -0.25) is 9.78 Å². The van der Waals surface area contributed by atoms with Gasteiger partial charge in [0, 0.05) is 16.7 Å². The third-order valence-corrected chi connectivity index (χ3v) is 4.11. The third kappa shape index (κ3) is 4.61. The van der Waals surface area contributed by atoms with Crippen molar-refractivity contribution in [2.45, 2.75) is 20.3 Å². The molecule has 1 heterocycles. The van der Waals surface area contributed by atoms with Crippen molar-refractivity contribution in [1.82, 2.24) is 20.2 Å². The van der Waals surface area contributed by atoms with Crippen molar-refractivity contribution in [1.29, 1.82) is 0 Å². The van der Waals surface area contributed by atoms with Gasteiger partial charge in [0.2, 0.25) is 0 Å². The molecule has 1 aromatic heterocycles. The molecule has 0 atom stereocenters. The largest absolute Gasteiger partial charge is 0.349 e. The summed E-state index contributed by atoms with van der Waals surface area (Å²) in [5, 5.41) is 2.91. The molecule has 0 bridgehead atoms. The van der Waals surface area contributed by atoms with Gasteiger partial charge in [0.1, 0.15) is 5.69 Å². The summed E-state index contributed by atoms with van der Waals surface area (Å²) in [6.45, 7) is 7.83. The summed E-state index contributed by atoms with van der Waals surface area (Å²) in [7, 11) is 0. The predicted octanol–water partition coefficient (Wildman–Crippen LogP) is 2.70. The van der Waals surface area contributed by atoms with Gasteiger partial charge >= 0.3 is 0 Å². The molecule has 0 unspecified atom stereocenters. The van der Waals surface area contributed by atoms with Crippen molar-refractivity contribution in [3.05, 3.63) is 33.7 Å². The standard InChI is InChI=1S/C16H21IN4O/c1-3-8-21(4-2)9-7-18-16(22)15-11-19-14-10-12(17)5-6-13(14)20-15/h5-6,10-11H,3-4,7-9H2,1-2H3,(H,18,22)/i17-2. The molecule has 1 amide bonds. The number of nitrogens with one attached hydrogen (secondary N) is 1. The molecule has 0 aliphatic heterocycles. The zero-order valence-corrected chi connectivity index (χ0v) is 15.1. The molecule has 0 saturated heterocycles. The average molecular weight is 410 g/mol. The van der Waals surface area contributed by atoms with E-state index in [2.05, 4.69) is 56.6 Å². The van der Waals surface area contributed by atoms with E-state index in [0.717, 1.165) is 40.7 Å². The summed E-state index contributed by atoms with van der Waals surface area (Å²) in [5.74, 6) is -0.166. The van der Waals surface area contributed by atoms with Crippen molar-refractivity contribution >= 4 is 39.5 Å². The van der Waals surface area contributed by atoms with Crippen LogP contribution in [0.25, 0.3) is 11.0 Å². The quantitative estimate of drug-likeness (QED) is 0.714. The molecule has 0 spiro atoms. The van der Waals surface area contributed by atoms with Crippen LogP contribution in [0.2, 0.25) is 0 Å². The SMILES string of the molecule is CCCN(CC)CCNC(=O)c1cnc2cc([125I])ccc2n1. The van der Waals surface area contributed by atoms with Crippen LogP contribution in [-0.2, 0) is 0 Å². The molecule has 0 saturated carbocycles. The Kier molecular flexibility index (Phi) is 6.50. The summed E-state index contributed by atoms with van der Waals surface area (Å²) in [4.78, 5) is 23.2. The van der Waals surface area contributed by atoms with Crippen LogP contribution in [0.4, 0.5) is 0 Å². The zero-order valence-electron chi connectivity index (χ0n) is 13.0. The number of carbonyl (C=O) groups excluding carboxylic acids is 1. The monoisotopic (exact) mass is 410 g/mol. The summed E-state index contributed by atoms with van der Waals surface area (Å²) in [6.07, 6.45) is 2.66. The zero-order chi connectivity index (χ0) is 15.9. The molecular formula is C16H21IN4O. The van der Waals surface area contributed by atoms with E-state index in [0.29, 0.717) is 12.2 Å². The van der Waals surface area contributed by atoms with Gasteiger partial charge in [0.15, 0.2) is 0 Å². The fraction of sp³-hybridized carbons (Fsp3) is 0.438. The molecule has 1 N–H and O–H groups in total. The van der Waals surface area contributed by atoms with Gasteiger partial charge in [-0.1, -0.05) is 13.8 Å². The second kappa shape index (κ2) is 8.38. The molecular weight excluding hydrogens is 389 g/mol. The van der Waals surface area contributed by atoms with E-state index < -0.39 is 0 Å². The maximum atomic E-state index is 12.1. The number of fused-ring (bicyclic) bond motifs is 1. The fourth-order valence-corrected chi connectivity index (χ4v) is 2.73. The lowest BCUT2D eigenvalue weighted by Gasteiger charge is -2.19. The smallest absolute Gasteiger partial charge is 0.271 e. The molecule has 0 fully saturated rings. The Bertz CT molecular complexity index is 647. The topological polar surface area (TPSA) is 58.1 Å². The minimum Gasteiger partial charge on any atom is -0.349 e. The number of hydrogen-bond acceptors (Lipinski definition) is 4. The molecule has 22 heavy (non-hydrogen) atoms. The molecule has 5 nitrogen and oxygen atoms in total. The van der Waals surface area contributed by atoms with E-state index >= 15 is 0 Å². The normalized spacial score (nSPS) is 11.1. The Labute approximate surface area is 144 Å². The number of benzene rings is 1. The first-order valence-corrected chi connectivity index (χ1v) is 8.64. The number of rotatable bonds is 7. The number of halogens is 1. The van der Waals surface area contributed by atoms with Crippen LogP contribution in [0.15, 0.2) is 24.4 Å². The van der Waals surface area contributed by atoms with Gasteiger partial charge in [0.25, 0.3) is 5.91 Å². The molecule has 2 aromatic rings. The molecule has 118 valence electrons. The number of amides is 1. The Morgan fingerprint density at radius 3 is 2.82 bits per heavy atom. The highest BCUT2D eigenvalue weighted by atomic mass is 125. The maximum absolute atomic E-state index is 12.1. The summed E-state index contributed by atoms with van der Waals surface area (Å²) in [6, 6.07) is 5.80. The van der Waals surface area contributed by atoms with Gasteiger partial charge in [-0.25, -0.2) is 4.98 Å². The van der Waals surface area contributed by atoms with Crippen LogP contribution in [0, 0.1) is 3.57 Å². The predicted molar refractivity (Wildman–Crippen MR) is 97.0 cm³/mol. The van der Waals surface area contributed by atoms with Crippen LogP contribution in [0.1, 0.15) is 30.8 Å². The van der Waals surface area contributed by atoms with Gasteiger partial charge in [-0.2, -0.15) is 0 Å². The highest BCUT2D eigenvalue weighted by Crippen LogP contribution is 2.13. The number of likely N-dealkylation sites (N-methyl/N-ethyl adjacent to an activating group) is 1. The van der Waals surface area contributed by atoms with Crippen molar-refractivity contribution in [2.75, 3.05) is 26.2 Å². The van der Waals surface area contributed by atoms with Crippen LogP contribution in [-0.4, -0.2) is 47.0 Å². The third-order valence-electron chi connectivity index (χ3n) is 3.44. The second-order valence-electron chi connectivity index (χ2n) is 5.08. The summed E-state index contributed by atoms with van der Waals surface area (Å²) >= 11 is 2.23. The van der Waals surface area contributed by atoms with Crippen molar-refractivity contribution < 1.29 is 4.79 Å². The lowest BCUT2D eigenvalue weighted by Crippen LogP contribution is -2.35. The number of hydrogen-bond donors (Lipinski definition) is 1. The highest BCUT2D eigenvalue weighted by Gasteiger charge is 2.09. The number of nitrogens with zero attached hydrogens (tertiary/aromatic N) is 3. The minimum absolute atomic E-state index is 0.166. The average Bonchev–Trinajstić information content (AvgIpc) is 2.53. The second-order valence-corrected chi connectivity index (χ2v) is 6.32. The lowest BCUT2D eigenvalue weighted by molar-refractivity contribution is 0.0943. The molecule has 0 aliphatic rings. The van der Waals surface area contributed by atoms with Crippen LogP contribution >= 0.6 is 22.6 Å². The summed E-state index contributed by atoms with van der Waals surface area (Å²) in [5.41, 5.74) is 1.92. The van der Waals surface area contributed by atoms with Gasteiger partial charge in [-0.05, 0) is 60.3 Å². The van der Waals surface area contributed by atoms with E-state index in [4.69, 9.17) is 0 Å². The first kappa shape index (κ1) is 17.1. The van der Waals surface area contributed by atoms with Crippen LogP contribution in [0.5, 0.6) is 0 Å². The minimum atomic E-state index is -0.166. The van der Waals surface area contributed by atoms with E-state index in [1.54, 1.807) is 0 Å². The fourth-order valence-electron chi connectivity index (χ4n) is 2.26. The Morgan fingerprint density at radius 1 is 1.27 bits per heavy atom. The van der Waals surface area contributed by atoms with Crippen molar-refractivity contribution in [3.63, 3.8) is 0 Å². The van der Waals surface area contributed by atoms with Crippen molar-refractivity contribution in [2.24, 2.45) is 0 Å². The Balaban J connectivity index is 1.96. The van der Waals surface area contributed by atoms with Gasteiger partial charge in [0.05, 0.1) is 17.2 Å². The summed E-state index contributed by atoms with van der Waals surface area (Å²) < 4.78 is 1.10. The van der Waals surface area contributed by atoms with E-state index in [-0.39, 0.29) is 5.91 Å². The van der Waals surface area contributed by atoms with Crippen LogP contribution in [0.3, 0.4) is 0 Å². The van der Waals surface area contributed by atoms with E-state index in [9.17, 15) is 4.79 Å². The highest BCUT2D eigenvalue weighted by molar-refractivity contribution is 14.1. The lowest BCUT2D eigenvalue weighted by atomic mass is 10.3. The molecule has 0 radical (unpaired) electrons. The van der Waals surface area contributed by atoms with E-state index in [1.807, 2.05) is 18.2 Å². The Hall–Kier alpha value is -1.28. The number of carbonyl (C=O) groups is 1. The molecule has 2 rings (SSSR count). The maximum Gasteiger partial charge on any atom is 0.271 e. The first-order chi connectivity index (χ1) is 10.6. The van der Waals surface area contributed by atoms with Crippen LogP contribution < -0.4 is 5.32 Å².